The van der Waals surface area contributed by atoms with Gasteiger partial charge in [0.1, 0.15) is 4.60 Å². The third-order valence-electron chi connectivity index (χ3n) is 2.22. The first-order valence-electron chi connectivity index (χ1n) is 4.88. The van der Waals surface area contributed by atoms with Crippen molar-refractivity contribution >= 4 is 27.7 Å². The third-order valence-corrected chi connectivity index (χ3v) is 2.63. The second kappa shape index (κ2) is 4.62. The second-order valence-electron chi connectivity index (χ2n) is 3.49. The normalized spacial score (nSPS) is 10.3. The van der Waals surface area contributed by atoms with E-state index in [-0.39, 0.29) is 5.91 Å². The van der Waals surface area contributed by atoms with Gasteiger partial charge in [0.15, 0.2) is 5.82 Å². The molecule has 2 aromatic rings. The highest BCUT2D eigenvalue weighted by atomic mass is 79.9. The van der Waals surface area contributed by atoms with E-state index in [1.165, 1.54) is 12.4 Å². The minimum absolute atomic E-state index is 0.245. The van der Waals surface area contributed by atoms with E-state index in [1.54, 1.807) is 13.8 Å². The van der Waals surface area contributed by atoms with Gasteiger partial charge in [-0.25, -0.2) is 9.97 Å². The van der Waals surface area contributed by atoms with Gasteiger partial charge in [-0.05, 0) is 29.8 Å². The Kier molecular flexibility index (Phi) is 3.19. The molecule has 0 atom stereocenters. The summed E-state index contributed by atoms with van der Waals surface area (Å²) in [7, 11) is 0. The summed E-state index contributed by atoms with van der Waals surface area (Å²) in [6.07, 6.45) is 3.00. The molecule has 0 bridgehead atoms. The molecule has 0 fully saturated rings. The maximum absolute atomic E-state index is 12.0. The maximum Gasteiger partial charge on any atom is 0.260 e. The number of nitrogens with one attached hydrogen (secondary N) is 2. The second-order valence-corrected chi connectivity index (χ2v) is 4.30. The molecule has 0 radical (unpaired) electrons. The van der Waals surface area contributed by atoms with Crippen molar-refractivity contribution in [3.63, 3.8) is 0 Å². The van der Waals surface area contributed by atoms with E-state index in [0.29, 0.717) is 21.7 Å². The van der Waals surface area contributed by atoms with Gasteiger partial charge in [-0.3, -0.25) is 9.89 Å². The first kappa shape index (κ1) is 11.7. The zero-order chi connectivity index (χ0) is 12.4. The molecule has 6 nitrogen and oxygen atoms in total. The predicted octanol–water partition coefficient (Wildman–Crippen LogP) is 1.83. The zero-order valence-corrected chi connectivity index (χ0v) is 10.9. The van der Waals surface area contributed by atoms with Gasteiger partial charge in [0.25, 0.3) is 5.91 Å². The zero-order valence-electron chi connectivity index (χ0n) is 9.28. The van der Waals surface area contributed by atoms with E-state index in [9.17, 15) is 4.79 Å². The number of hydrogen-bond donors (Lipinski definition) is 2. The lowest BCUT2D eigenvalue weighted by molar-refractivity contribution is 0.102. The molecule has 0 saturated heterocycles. The number of aromatic nitrogens is 4. The number of hydrogen-bond acceptors (Lipinski definition) is 4. The number of rotatable bonds is 2. The quantitative estimate of drug-likeness (QED) is 0.885. The first-order chi connectivity index (χ1) is 8.08. The van der Waals surface area contributed by atoms with Gasteiger partial charge >= 0.3 is 0 Å². The van der Waals surface area contributed by atoms with Crippen molar-refractivity contribution < 1.29 is 4.79 Å². The summed E-state index contributed by atoms with van der Waals surface area (Å²) in [6.45, 7) is 3.56. The molecule has 88 valence electrons. The lowest BCUT2D eigenvalue weighted by atomic mass is 10.2. The summed E-state index contributed by atoms with van der Waals surface area (Å²) < 4.78 is 0.617. The number of H-pyrrole nitrogens is 1. The van der Waals surface area contributed by atoms with Crippen molar-refractivity contribution in [2.24, 2.45) is 0 Å². The number of aryl methyl sites for hydroxylation is 2. The van der Waals surface area contributed by atoms with Crippen LogP contribution in [0.3, 0.4) is 0 Å². The number of halogens is 1. The first-order valence-corrected chi connectivity index (χ1v) is 5.67. The fourth-order valence-corrected chi connectivity index (χ4v) is 1.65. The average Bonchev–Trinajstić information content (AvgIpc) is 2.62. The average molecular weight is 296 g/mol. The number of carbonyl (C=O) groups excluding carboxylic acids is 1. The van der Waals surface area contributed by atoms with Gasteiger partial charge in [0.2, 0.25) is 0 Å². The number of carbonyl (C=O) groups is 1. The standard InChI is InChI=1S/C10H10BrN5O/c1-5-9(6(2)16-15-5)10(17)14-8-4-12-7(11)3-13-8/h3-4H,1-2H3,(H,15,16)(H,13,14,17). The van der Waals surface area contributed by atoms with Crippen molar-refractivity contribution in [2.75, 3.05) is 5.32 Å². The Balaban J connectivity index is 2.20. The molecule has 1 amide bonds. The maximum atomic E-state index is 12.0. The van der Waals surface area contributed by atoms with Crippen LogP contribution in [-0.2, 0) is 0 Å². The Morgan fingerprint density at radius 2 is 2.12 bits per heavy atom. The molecule has 2 rings (SSSR count). The monoisotopic (exact) mass is 295 g/mol. The van der Waals surface area contributed by atoms with Crippen molar-refractivity contribution in [3.05, 3.63) is 33.9 Å². The van der Waals surface area contributed by atoms with Crippen LogP contribution in [0.2, 0.25) is 0 Å². The smallest absolute Gasteiger partial charge is 0.260 e. The van der Waals surface area contributed by atoms with Crippen LogP contribution in [0.15, 0.2) is 17.0 Å². The third kappa shape index (κ3) is 2.50. The summed E-state index contributed by atoms with van der Waals surface area (Å²) in [6, 6.07) is 0. The van der Waals surface area contributed by atoms with E-state index in [2.05, 4.69) is 41.4 Å². The minimum atomic E-state index is -0.245. The molecule has 2 heterocycles. The van der Waals surface area contributed by atoms with Gasteiger partial charge in [-0.2, -0.15) is 5.10 Å². The van der Waals surface area contributed by atoms with Crippen LogP contribution in [0, 0.1) is 13.8 Å². The van der Waals surface area contributed by atoms with Gasteiger partial charge in [0, 0.05) is 5.69 Å². The van der Waals surface area contributed by atoms with E-state index < -0.39 is 0 Å². The molecular weight excluding hydrogens is 286 g/mol. The van der Waals surface area contributed by atoms with Gasteiger partial charge in [-0.15, -0.1) is 0 Å². The Hall–Kier alpha value is -1.76. The largest absolute Gasteiger partial charge is 0.305 e. The highest BCUT2D eigenvalue weighted by Crippen LogP contribution is 2.12. The van der Waals surface area contributed by atoms with Crippen molar-refractivity contribution in [2.45, 2.75) is 13.8 Å². The molecule has 0 unspecified atom stereocenters. The molecule has 7 heteroatoms. The Labute approximate surface area is 106 Å². The SMILES string of the molecule is Cc1n[nH]c(C)c1C(=O)Nc1cnc(Br)cn1. The van der Waals surface area contributed by atoms with Crippen LogP contribution in [0.1, 0.15) is 21.7 Å². The predicted molar refractivity (Wildman–Crippen MR) is 65.7 cm³/mol. The summed E-state index contributed by atoms with van der Waals surface area (Å²) in [5.74, 6) is 0.156. The minimum Gasteiger partial charge on any atom is -0.305 e. The summed E-state index contributed by atoms with van der Waals surface area (Å²) >= 11 is 3.17. The van der Waals surface area contributed by atoms with Crippen molar-refractivity contribution in [1.82, 2.24) is 20.2 Å². The highest BCUT2D eigenvalue weighted by molar-refractivity contribution is 9.10. The van der Waals surface area contributed by atoms with Gasteiger partial charge in [-0.1, -0.05) is 0 Å². The fourth-order valence-electron chi connectivity index (χ4n) is 1.44. The van der Waals surface area contributed by atoms with Crippen LogP contribution in [0.4, 0.5) is 5.82 Å². The lowest BCUT2D eigenvalue weighted by Crippen LogP contribution is -2.14. The molecular formula is C10H10BrN5O. The van der Waals surface area contributed by atoms with E-state index >= 15 is 0 Å². The van der Waals surface area contributed by atoms with Crippen molar-refractivity contribution in [1.29, 1.82) is 0 Å². The summed E-state index contributed by atoms with van der Waals surface area (Å²) in [5, 5.41) is 9.38. The van der Waals surface area contributed by atoms with Crippen LogP contribution in [0.25, 0.3) is 0 Å². The number of amides is 1. The molecule has 0 aliphatic carbocycles. The van der Waals surface area contributed by atoms with Crippen LogP contribution >= 0.6 is 15.9 Å². The summed E-state index contributed by atoms with van der Waals surface area (Å²) in [4.78, 5) is 19.9. The number of aromatic amines is 1. The lowest BCUT2D eigenvalue weighted by Gasteiger charge is -2.03. The molecule has 0 aliphatic heterocycles. The Morgan fingerprint density at radius 3 is 2.65 bits per heavy atom. The number of nitrogens with zero attached hydrogens (tertiary/aromatic N) is 3. The van der Waals surface area contributed by atoms with Crippen LogP contribution < -0.4 is 5.32 Å². The highest BCUT2D eigenvalue weighted by Gasteiger charge is 2.15. The molecule has 17 heavy (non-hydrogen) atoms. The topological polar surface area (TPSA) is 83.6 Å². The van der Waals surface area contributed by atoms with E-state index in [0.717, 1.165) is 5.69 Å². The molecule has 0 saturated carbocycles. The molecule has 2 N–H and O–H groups in total. The van der Waals surface area contributed by atoms with Crippen LogP contribution in [0.5, 0.6) is 0 Å². The Morgan fingerprint density at radius 1 is 1.35 bits per heavy atom. The summed E-state index contributed by atoms with van der Waals surface area (Å²) in [5.41, 5.74) is 1.92. The van der Waals surface area contributed by atoms with E-state index in [4.69, 9.17) is 0 Å². The molecule has 0 aromatic carbocycles. The van der Waals surface area contributed by atoms with Crippen LogP contribution in [-0.4, -0.2) is 26.1 Å². The fraction of sp³-hybridized carbons (Fsp3) is 0.200. The molecule has 2 aromatic heterocycles. The van der Waals surface area contributed by atoms with Gasteiger partial charge < -0.3 is 5.32 Å². The Bertz CT molecular complexity index is 529. The molecule has 0 spiro atoms. The van der Waals surface area contributed by atoms with Gasteiger partial charge in [0.05, 0.1) is 23.7 Å². The van der Waals surface area contributed by atoms with E-state index in [1.807, 2.05) is 0 Å². The van der Waals surface area contributed by atoms with Crippen molar-refractivity contribution in [3.8, 4) is 0 Å². The number of anilines is 1. The molecule has 0 aliphatic rings.